The van der Waals surface area contributed by atoms with E-state index in [1.54, 1.807) is 6.92 Å². The van der Waals surface area contributed by atoms with Crippen LogP contribution in [0.25, 0.3) is 0 Å². The van der Waals surface area contributed by atoms with Gasteiger partial charge in [-0.05, 0) is 6.92 Å². The Bertz CT molecular complexity index is 115. The maximum atomic E-state index is 8.67. The predicted octanol–water partition coefficient (Wildman–Crippen LogP) is 1.49. The van der Waals surface area contributed by atoms with Gasteiger partial charge in [0, 0.05) is 6.08 Å². The summed E-state index contributed by atoms with van der Waals surface area (Å²) < 4.78 is 4.67. The van der Waals surface area contributed by atoms with Crippen molar-refractivity contribution in [2.45, 2.75) is 6.92 Å². The summed E-state index contributed by atoms with van der Waals surface area (Å²) in [4.78, 5) is 0. The quantitative estimate of drug-likeness (QED) is 0.449. The van der Waals surface area contributed by atoms with Gasteiger partial charge in [-0.15, -0.1) is 0 Å². The molecule has 0 radical (unpaired) electrons. The molecule has 0 unspecified atom stereocenters. The fourth-order valence-electron chi connectivity index (χ4n) is 0.284. The van der Waals surface area contributed by atoms with Crippen LogP contribution in [0.2, 0.25) is 0 Å². The number of ether oxygens (including phenoxy) is 1. The summed E-state index contributed by atoms with van der Waals surface area (Å²) in [7, 11) is 0. The zero-order chi connectivity index (χ0) is 7.11. The molecule has 0 amide bonds. The number of allylic oxidation sites excluding steroid dienone is 1. The molecule has 0 aliphatic carbocycles. The second-order valence-corrected chi connectivity index (χ2v) is 1.31. The van der Waals surface area contributed by atoms with Crippen molar-refractivity contribution >= 4 is 0 Å². The smallest absolute Gasteiger partial charge is 0.153 e. The van der Waals surface area contributed by atoms with Crippen LogP contribution in [0.15, 0.2) is 24.4 Å². The summed E-state index contributed by atoms with van der Waals surface area (Å²) >= 11 is 0. The van der Waals surface area contributed by atoms with Crippen LogP contribution in [-0.2, 0) is 4.74 Å². The monoisotopic (exact) mass is 130 g/mol. The fraction of sp³-hybridized carbons (Fsp3) is 0.333. The molecule has 0 aliphatic rings. The number of hydrogen-bond donors (Lipinski definition) is 2. The summed E-state index contributed by atoms with van der Waals surface area (Å²) in [5.74, 6) is -0.0978. The summed E-state index contributed by atoms with van der Waals surface area (Å²) in [6, 6.07) is 0. The van der Waals surface area contributed by atoms with E-state index in [1.807, 2.05) is 0 Å². The fourth-order valence-corrected chi connectivity index (χ4v) is 0.284. The van der Waals surface area contributed by atoms with E-state index in [0.29, 0.717) is 6.61 Å². The molecule has 9 heavy (non-hydrogen) atoms. The summed E-state index contributed by atoms with van der Waals surface area (Å²) in [5.41, 5.74) is 0. The molecule has 0 fully saturated rings. The lowest BCUT2D eigenvalue weighted by Gasteiger charge is -1.92. The van der Waals surface area contributed by atoms with Crippen LogP contribution in [-0.4, -0.2) is 16.8 Å². The van der Waals surface area contributed by atoms with Crippen LogP contribution in [0.4, 0.5) is 0 Å². The molecule has 2 N–H and O–H groups in total. The molecule has 52 valence electrons. The Hall–Kier alpha value is -1.12. The molecule has 0 heterocycles. The third-order valence-electron chi connectivity index (χ3n) is 0.616. The van der Waals surface area contributed by atoms with Gasteiger partial charge in [0.1, 0.15) is 6.26 Å². The Morgan fingerprint density at radius 1 is 1.67 bits per heavy atom. The summed E-state index contributed by atoms with van der Waals surface area (Å²) in [5, 5.41) is 16.8. The van der Waals surface area contributed by atoms with E-state index in [1.165, 1.54) is 0 Å². The van der Waals surface area contributed by atoms with Crippen molar-refractivity contribution in [3.63, 3.8) is 0 Å². The highest BCUT2D eigenvalue weighted by Crippen LogP contribution is 1.89. The molecule has 0 aromatic heterocycles. The van der Waals surface area contributed by atoms with Gasteiger partial charge in [0.25, 0.3) is 0 Å². The third-order valence-corrected chi connectivity index (χ3v) is 0.616. The van der Waals surface area contributed by atoms with E-state index in [2.05, 4.69) is 4.74 Å². The first-order chi connectivity index (χ1) is 4.31. The van der Waals surface area contributed by atoms with Crippen LogP contribution in [0.3, 0.4) is 0 Å². The van der Waals surface area contributed by atoms with Crippen molar-refractivity contribution in [3.8, 4) is 0 Å². The van der Waals surface area contributed by atoms with Crippen LogP contribution in [0.5, 0.6) is 0 Å². The highest BCUT2D eigenvalue weighted by Gasteiger charge is 1.81. The Morgan fingerprint density at radius 3 is 2.78 bits per heavy atom. The van der Waals surface area contributed by atoms with E-state index in [4.69, 9.17) is 10.2 Å². The van der Waals surface area contributed by atoms with Gasteiger partial charge in [-0.3, -0.25) is 0 Å². The zero-order valence-corrected chi connectivity index (χ0v) is 5.24. The lowest BCUT2D eigenvalue weighted by atomic mass is 10.5. The predicted molar refractivity (Wildman–Crippen MR) is 34.1 cm³/mol. The van der Waals surface area contributed by atoms with E-state index in [-0.39, 0.29) is 5.76 Å². The van der Waals surface area contributed by atoms with Gasteiger partial charge in [-0.1, -0.05) is 0 Å². The lowest BCUT2D eigenvalue weighted by Crippen LogP contribution is -1.81. The molecule has 0 aliphatic heterocycles. The second-order valence-electron chi connectivity index (χ2n) is 1.31. The molecule has 0 aromatic carbocycles. The molecule has 0 rings (SSSR count). The molecule has 0 bridgehead atoms. The molecule has 0 saturated carbocycles. The largest absolute Gasteiger partial charge is 0.515 e. The first-order valence-electron chi connectivity index (χ1n) is 2.62. The third kappa shape index (κ3) is 4.74. The molecule has 3 heteroatoms. The highest BCUT2D eigenvalue weighted by molar-refractivity contribution is 5.04. The topological polar surface area (TPSA) is 49.7 Å². The Kier molecular flexibility index (Phi) is 4.40. The van der Waals surface area contributed by atoms with Gasteiger partial charge >= 0.3 is 0 Å². The van der Waals surface area contributed by atoms with Crippen molar-refractivity contribution < 1.29 is 14.9 Å². The van der Waals surface area contributed by atoms with Gasteiger partial charge in [-0.2, -0.15) is 0 Å². The van der Waals surface area contributed by atoms with Crippen LogP contribution < -0.4 is 0 Å². The molecule has 0 aromatic rings. The SMILES string of the molecule is CCOC=C(O)C=CO. The average molecular weight is 130 g/mol. The molecular formula is C6H10O3. The van der Waals surface area contributed by atoms with Gasteiger partial charge in [0.05, 0.1) is 12.9 Å². The number of rotatable bonds is 3. The minimum absolute atomic E-state index is 0.0978. The van der Waals surface area contributed by atoms with Gasteiger partial charge in [0.15, 0.2) is 5.76 Å². The first-order valence-corrected chi connectivity index (χ1v) is 2.62. The molecule has 0 saturated heterocycles. The normalized spacial score (nSPS) is 12.3. The Morgan fingerprint density at radius 2 is 2.33 bits per heavy atom. The molecule has 3 nitrogen and oxygen atoms in total. The van der Waals surface area contributed by atoms with Crippen LogP contribution in [0.1, 0.15) is 6.92 Å². The maximum absolute atomic E-state index is 8.67. The molecule has 0 spiro atoms. The van der Waals surface area contributed by atoms with Gasteiger partial charge < -0.3 is 14.9 Å². The highest BCUT2D eigenvalue weighted by atomic mass is 16.5. The van der Waals surface area contributed by atoms with E-state index >= 15 is 0 Å². The zero-order valence-electron chi connectivity index (χ0n) is 5.24. The Labute approximate surface area is 53.9 Å². The van der Waals surface area contributed by atoms with E-state index in [0.717, 1.165) is 18.6 Å². The van der Waals surface area contributed by atoms with Crippen molar-refractivity contribution in [3.05, 3.63) is 24.4 Å². The Balaban J connectivity index is 3.55. The molecular weight excluding hydrogens is 120 g/mol. The van der Waals surface area contributed by atoms with Crippen molar-refractivity contribution in [1.82, 2.24) is 0 Å². The van der Waals surface area contributed by atoms with E-state index in [9.17, 15) is 0 Å². The number of hydrogen-bond acceptors (Lipinski definition) is 3. The minimum atomic E-state index is -0.0978. The summed E-state index contributed by atoms with van der Waals surface area (Å²) in [6.07, 6.45) is 3.02. The van der Waals surface area contributed by atoms with Gasteiger partial charge in [0.2, 0.25) is 0 Å². The standard InChI is InChI=1S/C6H10O3/c1-2-9-5-6(8)3-4-7/h3-5,7-8H,2H2,1H3. The van der Waals surface area contributed by atoms with Crippen LogP contribution >= 0.6 is 0 Å². The number of aliphatic hydroxyl groups excluding tert-OH is 2. The summed E-state index contributed by atoms with van der Waals surface area (Å²) in [6.45, 7) is 2.30. The molecule has 0 atom stereocenters. The maximum Gasteiger partial charge on any atom is 0.153 e. The van der Waals surface area contributed by atoms with E-state index < -0.39 is 0 Å². The minimum Gasteiger partial charge on any atom is -0.515 e. The van der Waals surface area contributed by atoms with Crippen molar-refractivity contribution in [2.24, 2.45) is 0 Å². The number of aliphatic hydroxyl groups is 2. The average Bonchev–Trinajstić information content (AvgIpc) is 1.85. The van der Waals surface area contributed by atoms with Crippen molar-refractivity contribution in [2.75, 3.05) is 6.61 Å². The second kappa shape index (κ2) is 5.03. The lowest BCUT2D eigenvalue weighted by molar-refractivity contribution is 0.249. The van der Waals surface area contributed by atoms with Gasteiger partial charge in [-0.25, -0.2) is 0 Å². The van der Waals surface area contributed by atoms with Crippen molar-refractivity contribution in [1.29, 1.82) is 0 Å². The first kappa shape index (κ1) is 7.88. The van der Waals surface area contributed by atoms with Crippen LogP contribution in [0, 0.1) is 0 Å².